The van der Waals surface area contributed by atoms with Crippen molar-refractivity contribution >= 4 is 51.0 Å². The summed E-state index contributed by atoms with van der Waals surface area (Å²) in [6.07, 6.45) is 1.51. The van der Waals surface area contributed by atoms with Gasteiger partial charge in [-0.2, -0.15) is 5.10 Å². The maximum Gasteiger partial charge on any atom is 0.264 e. The van der Waals surface area contributed by atoms with Crippen LogP contribution in [0.25, 0.3) is 5.69 Å². The van der Waals surface area contributed by atoms with Gasteiger partial charge in [0.05, 0.1) is 34.0 Å². The first-order valence-electron chi connectivity index (χ1n) is 12.2. The van der Waals surface area contributed by atoms with E-state index >= 15 is 0 Å². The lowest BCUT2D eigenvalue weighted by Gasteiger charge is -2.25. The summed E-state index contributed by atoms with van der Waals surface area (Å²) in [6, 6.07) is 20.3. The molecule has 0 atom stereocenters. The highest BCUT2D eigenvalue weighted by atomic mass is 35.5. The highest BCUT2D eigenvalue weighted by molar-refractivity contribution is 7.92. The highest BCUT2D eigenvalue weighted by Gasteiger charge is 2.29. The molecule has 40 heavy (non-hydrogen) atoms. The Bertz CT molecular complexity index is 1690. The van der Waals surface area contributed by atoms with Gasteiger partial charge in [-0.05, 0) is 74.9 Å². The zero-order valence-corrected chi connectivity index (χ0v) is 24.7. The molecule has 11 heteroatoms. The third kappa shape index (κ3) is 6.17. The molecule has 0 spiro atoms. The molecule has 1 aromatic heterocycles. The molecule has 0 unspecified atom stereocenters. The van der Waals surface area contributed by atoms with E-state index in [-0.39, 0.29) is 10.6 Å². The van der Waals surface area contributed by atoms with Crippen molar-refractivity contribution in [2.75, 3.05) is 18.0 Å². The Hall–Kier alpha value is -3.79. The number of nitrogens with zero attached hydrogens (tertiary/aromatic N) is 3. The first-order valence-corrected chi connectivity index (χ1v) is 14.4. The van der Waals surface area contributed by atoms with E-state index in [9.17, 15) is 13.2 Å². The number of hydrogen-bond donors (Lipinski definition) is 1. The molecule has 0 saturated carbocycles. The quantitative estimate of drug-likeness (QED) is 0.187. The van der Waals surface area contributed by atoms with Gasteiger partial charge in [-0.3, -0.25) is 9.10 Å². The fraction of sp³-hybridized carbons (Fsp3) is 0.172. The van der Waals surface area contributed by atoms with Crippen molar-refractivity contribution in [2.45, 2.75) is 25.7 Å². The van der Waals surface area contributed by atoms with Crippen molar-refractivity contribution < 1.29 is 17.9 Å². The van der Waals surface area contributed by atoms with E-state index in [1.54, 1.807) is 48.5 Å². The Morgan fingerprint density at radius 3 is 2.40 bits per heavy atom. The molecule has 0 aliphatic heterocycles. The van der Waals surface area contributed by atoms with Crippen LogP contribution in [0.3, 0.4) is 0 Å². The molecule has 4 rings (SSSR count). The molecule has 4 aromatic rings. The second kappa shape index (κ2) is 12.2. The number of rotatable bonds is 9. The molecule has 0 bridgehead atoms. The minimum absolute atomic E-state index is 0.0459. The van der Waals surface area contributed by atoms with Gasteiger partial charge in [0.25, 0.3) is 15.9 Å². The molecule has 8 nitrogen and oxygen atoms in total. The van der Waals surface area contributed by atoms with Gasteiger partial charge in [0, 0.05) is 22.6 Å². The number of nitrogens with one attached hydrogen (secondary N) is 1. The number of carbonyl (C=O) groups excluding carboxylic acids is 1. The van der Waals surface area contributed by atoms with Crippen LogP contribution >= 0.6 is 23.2 Å². The third-order valence-corrected chi connectivity index (χ3v) is 8.76. The Kier molecular flexibility index (Phi) is 8.88. The summed E-state index contributed by atoms with van der Waals surface area (Å²) in [5, 5.41) is 5.01. The number of amides is 1. The van der Waals surface area contributed by atoms with Crippen LogP contribution in [0, 0.1) is 20.8 Å². The van der Waals surface area contributed by atoms with Crippen LogP contribution in [0.15, 0.2) is 82.8 Å². The van der Waals surface area contributed by atoms with Crippen molar-refractivity contribution in [3.63, 3.8) is 0 Å². The van der Waals surface area contributed by atoms with Gasteiger partial charge >= 0.3 is 0 Å². The van der Waals surface area contributed by atoms with E-state index in [4.69, 9.17) is 27.9 Å². The van der Waals surface area contributed by atoms with Crippen LogP contribution in [0.5, 0.6) is 5.75 Å². The monoisotopic (exact) mass is 598 g/mol. The van der Waals surface area contributed by atoms with Gasteiger partial charge in [0.15, 0.2) is 0 Å². The zero-order chi connectivity index (χ0) is 29.0. The predicted octanol–water partition coefficient (Wildman–Crippen LogP) is 6.06. The summed E-state index contributed by atoms with van der Waals surface area (Å²) >= 11 is 12.3. The van der Waals surface area contributed by atoms with Gasteiger partial charge in [-0.25, -0.2) is 13.8 Å². The lowest BCUT2D eigenvalue weighted by molar-refractivity contribution is -0.119. The fourth-order valence-electron chi connectivity index (χ4n) is 4.29. The number of hydrogen-bond acceptors (Lipinski definition) is 5. The van der Waals surface area contributed by atoms with E-state index < -0.39 is 22.5 Å². The van der Waals surface area contributed by atoms with E-state index in [0.29, 0.717) is 15.8 Å². The van der Waals surface area contributed by atoms with Crippen molar-refractivity contribution in [3.05, 3.63) is 105 Å². The highest BCUT2D eigenvalue weighted by Crippen LogP contribution is 2.33. The number of methoxy groups -OCH3 is 1. The van der Waals surface area contributed by atoms with E-state index in [0.717, 1.165) is 32.5 Å². The molecule has 0 aliphatic carbocycles. The minimum atomic E-state index is -4.10. The molecular weight excluding hydrogens is 571 g/mol. The number of carbonyl (C=O) groups is 1. The fourth-order valence-corrected chi connectivity index (χ4v) is 6.03. The molecular formula is C29H28Cl2N4O4S. The number of halogens is 2. The summed E-state index contributed by atoms with van der Waals surface area (Å²) in [5.41, 5.74) is 6.90. The first kappa shape index (κ1) is 29.2. The topological polar surface area (TPSA) is 93.0 Å². The van der Waals surface area contributed by atoms with Gasteiger partial charge < -0.3 is 9.30 Å². The summed E-state index contributed by atoms with van der Waals surface area (Å²) in [6.45, 7) is 5.16. The standard InChI is InChI=1S/C29H28Cl2N4O4S/c1-19-10-13-28(39-4)27(14-19)34(40(37,38)24-8-6-5-7-9-24)18-29(36)33-32-17-22-15-20(2)35(21(22)3)23-11-12-25(30)26(31)16-23/h5-17H,18H2,1-4H3,(H,33,36)/b32-17-. The molecule has 0 fully saturated rings. The Morgan fingerprint density at radius 2 is 1.73 bits per heavy atom. The van der Waals surface area contributed by atoms with Crippen molar-refractivity contribution in [2.24, 2.45) is 5.10 Å². The van der Waals surface area contributed by atoms with Crippen LogP contribution in [-0.2, 0) is 14.8 Å². The Morgan fingerprint density at radius 1 is 1.00 bits per heavy atom. The number of ether oxygens (including phenoxy) is 1. The van der Waals surface area contributed by atoms with Crippen molar-refractivity contribution in [1.82, 2.24) is 9.99 Å². The van der Waals surface area contributed by atoms with Crippen LogP contribution in [0.4, 0.5) is 5.69 Å². The number of anilines is 1. The molecule has 208 valence electrons. The normalized spacial score (nSPS) is 11.6. The second-order valence-corrected chi connectivity index (χ2v) is 11.7. The average Bonchev–Trinajstić information content (AvgIpc) is 3.21. The lowest BCUT2D eigenvalue weighted by atomic mass is 10.2. The minimum Gasteiger partial charge on any atom is -0.495 e. The van der Waals surface area contributed by atoms with Crippen LogP contribution < -0.4 is 14.5 Å². The smallest absolute Gasteiger partial charge is 0.264 e. The maximum absolute atomic E-state index is 13.6. The predicted molar refractivity (Wildman–Crippen MR) is 160 cm³/mol. The summed E-state index contributed by atoms with van der Waals surface area (Å²) in [4.78, 5) is 13.1. The van der Waals surface area contributed by atoms with Crippen LogP contribution in [0.2, 0.25) is 10.0 Å². The Balaban J connectivity index is 1.59. The van der Waals surface area contributed by atoms with Gasteiger partial charge in [0.1, 0.15) is 12.3 Å². The lowest BCUT2D eigenvalue weighted by Crippen LogP contribution is -2.39. The number of aryl methyl sites for hydroxylation is 2. The molecule has 1 N–H and O–H groups in total. The molecule has 1 heterocycles. The van der Waals surface area contributed by atoms with Crippen molar-refractivity contribution in [1.29, 1.82) is 0 Å². The average molecular weight is 600 g/mol. The van der Waals surface area contributed by atoms with E-state index in [2.05, 4.69) is 10.5 Å². The first-order chi connectivity index (χ1) is 19.0. The zero-order valence-electron chi connectivity index (χ0n) is 22.4. The summed E-state index contributed by atoms with van der Waals surface area (Å²) < 4.78 is 35.7. The summed E-state index contributed by atoms with van der Waals surface area (Å²) in [7, 11) is -2.66. The molecule has 0 aliphatic rings. The molecule has 1 amide bonds. The van der Waals surface area contributed by atoms with E-state index in [1.807, 2.05) is 37.5 Å². The second-order valence-electron chi connectivity index (χ2n) is 9.05. The SMILES string of the molecule is COc1ccc(C)cc1N(CC(=O)N/N=C\c1cc(C)n(-c2ccc(Cl)c(Cl)c2)c1C)S(=O)(=O)c1ccccc1. The molecule has 0 radical (unpaired) electrons. The Labute approximate surface area is 243 Å². The molecule has 3 aromatic carbocycles. The van der Waals surface area contributed by atoms with Crippen molar-refractivity contribution in [3.8, 4) is 11.4 Å². The van der Waals surface area contributed by atoms with Crippen LogP contribution in [-0.4, -0.2) is 38.8 Å². The largest absolute Gasteiger partial charge is 0.495 e. The maximum atomic E-state index is 13.6. The number of aromatic nitrogens is 1. The number of hydrazone groups is 1. The third-order valence-electron chi connectivity index (χ3n) is 6.25. The van der Waals surface area contributed by atoms with Gasteiger partial charge in [-0.1, -0.05) is 47.5 Å². The summed E-state index contributed by atoms with van der Waals surface area (Å²) in [5.74, 6) is -0.311. The van der Waals surface area contributed by atoms with Crippen LogP contribution in [0.1, 0.15) is 22.5 Å². The number of benzene rings is 3. The van der Waals surface area contributed by atoms with Gasteiger partial charge in [0.2, 0.25) is 0 Å². The van der Waals surface area contributed by atoms with E-state index in [1.165, 1.54) is 25.5 Å². The van der Waals surface area contributed by atoms with Gasteiger partial charge in [-0.15, -0.1) is 0 Å². The molecule has 0 saturated heterocycles. The number of sulfonamides is 1.